The van der Waals surface area contributed by atoms with Gasteiger partial charge >= 0.3 is 0 Å². The van der Waals surface area contributed by atoms with Crippen molar-refractivity contribution in [1.29, 1.82) is 0 Å². The standard InChI is InChI=1S/C3H8.C2H6.CH4.H2/c1-3-2;1-2;;/h3H2,1-2H3;1-2H3;1H4;1H/i;;;1+1. The van der Waals surface area contributed by atoms with Crippen LogP contribution in [0.4, 0.5) is 0 Å². The predicted octanol–water partition coefficient (Wildman–Crippen LogP) is 3.32. The molecule has 0 unspecified atom stereocenters. The molecule has 0 bridgehead atoms. The zero-order valence-electron chi connectivity index (χ0n) is 4.71. The summed E-state index contributed by atoms with van der Waals surface area (Å²) >= 11 is 0. The van der Waals surface area contributed by atoms with E-state index in [1.165, 1.54) is 6.42 Å². The van der Waals surface area contributed by atoms with Crippen LogP contribution in [0.25, 0.3) is 0 Å². The smallest absolute Gasteiger partial charge is 0 e. The molecule has 0 saturated heterocycles. The lowest BCUT2D eigenvalue weighted by atomic mass is 10.6. The van der Waals surface area contributed by atoms with E-state index in [0.717, 1.165) is 0 Å². The lowest BCUT2D eigenvalue weighted by molar-refractivity contribution is 1.09. The van der Waals surface area contributed by atoms with Crippen molar-refractivity contribution in [2.24, 2.45) is 0 Å². The SMILES string of the molecule is C.CC.CCC.[2HH]. The van der Waals surface area contributed by atoms with Crippen LogP contribution in [0.15, 0.2) is 0 Å². The Labute approximate surface area is 44.1 Å². The van der Waals surface area contributed by atoms with Gasteiger partial charge in [0.25, 0.3) is 0 Å². The first-order chi connectivity index (χ1) is 2.41. The Morgan fingerprint density at radius 3 is 1.17 bits per heavy atom. The van der Waals surface area contributed by atoms with Crippen LogP contribution in [0, 0.1) is 0 Å². The Balaban J connectivity index is -0.0000000105. The predicted molar refractivity (Wildman–Crippen MR) is 36.2 cm³/mol. The Hall–Kier alpha value is 0. The summed E-state index contributed by atoms with van der Waals surface area (Å²) in [6.45, 7) is 8.25. The van der Waals surface area contributed by atoms with Gasteiger partial charge in [-0.05, 0) is 0 Å². The van der Waals surface area contributed by atoms with E-state index in [1.807, 2.05) is 13.8 Å². The zero-order valence-corrected chi connectivity index (χ0v) is 4.71. The molecule has 0 radical (unpaired) electrons. The van der Waals surface area contributed by atoms with Crippen molar-refractivity contribution in [1.82, 2.24) is 0 Å². The van der Waals surface area contributed by atoms with Crippen LogP contribution in [0.5, 0.6) is 0 Å². The molecule has 0 saturated carbocycles. The average molecular weight is 93.2 g/mol. The number of hydrogen-bond donors (Lipinski definition) is 0. The third-order valence-electron chi connectivity index (χ3n) is 0. The minimum Gasteiger partial charge on any atom is -0.0776 e. The van der Waals surface area contributed by atoms with Crippen LogP contribution >= 0.6 is 0 Å². The lowest BCUT2D eigenvalue weighted by Crippen LogP contribution is -1.27. The minimum absolute atomic E-state index is 0. The van der Waals surface area contributed by atoms with Crippen molar-refractivity contribution >= 4 is 0 Å². The van der Waals surface area contributed by atoms with Crippen molar-refractivity contribution in [3.63, 3.8) is 0 Å². The highest BCUT2D eigenvalue weighted by Gasteiger charge is 1.35. The van der Waals surface area contributed by atoms with Gasteiger partial charge in [-0.3, -0.25) is 0 Å². The summed E-state index contributed by atoms with van der Waals surface area (Å²) in [5, 5.41) is 0. The van der Waals surface area contributed by atoms with Crippen molar-refractivity contribution < 1.29 is 1.43 Å². The molecule has 0 aliphatic carbocycles. The molecule has 0 rings (SSSR count). The Morgan fingerprint density at radius 1 is 1.17 bits per heavy atom. The van der Waals surface area contributed by atoms with Gasteiger partial charge in [-0.1, -0.05) is 41.5 Å². The van der Waals surface area contributed by atoms with Crippen LogP contribution in [0.1, 0.15) is 43.0 Å². The second-order valence-corrected chi connectivity index (χ2v) is 0.707. The molecular weight excluding hydrogens is 72.1 g/mol. The molecule has 0 amide bonds. The molecule has 44 valence electrons. The quantitative estimate of drug-likeness (QED) is 0.431. The summed E-state index contributed by atoms with van der Waals surface area (Å²) in [5.74, 6) is 0. The third kappa shape index (κ3) is 0. The van der Waals surface area contributed by atoms with Crippen molar-refractivity contribution in [2.75, 3.05) is 0 Å². The van der Waals surface area contributed by atoms with E-state index in [2.05, 4.69) is 13.8 Å². The molecule has 0 aliphatic heterocycles. The summed E-state index contributed by atoms with van der Waals surface area (Å²) in [6.07, 6.45) is 1.25. The fourth-order valence-corrected chi connectivity index (χ4v) is 0. The van der Waals surface area contributed by atoms with Crippen molar-refractivity contribution in [2.45, 2.75) is 41.5 Å². The van der Waals surface area contributed by atoms with Crippen LogP contribution in [0.2, 0.25) is 0 Å². The molecule has 0 aromatic rings. The first kappa shape index (κ1) is 16.7. The molecule has 0 N–H and O–H groups in total. The highest BCUT2D eigenvalue weighted by Crippen LogP contribution is 1.56. The molecule has 0 nitrogen and oxygen atoms in total. The van der Waals surface area contributed by atoms with Gasteiger partial charge in [0.1, 0.15) is 0 Å². The number of rotatable bonds is 0. The molecule has 0 aromatic heterocycles. The summed E-state index contributed by atoms with van der Waals surface area (Å²) < 4.78 is 0. The molecule has 6 heavy (non-hydrogen) atoms. The Kier molecular flexibility index (Phi) is 222. The highest BCUT2D eigenvalue weighted by atomic mass is 13.4. The maximum absolute atomic E-state index is 2.12. The molecular formula is C6H20. The van der Waals surface area contributed by atoms with E-state index in [9.17, 15) is 0 Å². The normalized spacial score (nSPS) is 4.00. The van der Waals surface area contributed by atoms with E-state index in [-0.39, 0.29) is 8.85 Å². The van der Waals surface area contributed by atoms with Gasteiger partial charge in [0.2, 0.25) is 0 Å². The van der Waals surface area contributed by atoms with E-state index >= 15 is 0 Å². The van der Waals surface area contributed by atoms with Gasteiger partial charge in [0, 0.05) is 1.43 Å². The summed E-state index contributed by atoms with van der Waals surface area (Å²) in [7, 11) is 0. The van der Waals surface area contributed by atoms with Crippen molar-refractivity contribution in [3.05, 3.63) is 0 Å². The third-order valence-corrected chi connectivity index (χ3v) is 0. The fourth-order valence-electron chi connectivity index (χ4n) is 0. The van der Waals surface area contributed by atoms with Crippen molar-refractivity contribution in [3.8, 4) is 0 Å². The van der Waals surface area contributed by atoms with E-state index in [1.54, 1.807) is 0 Å². The minimum atomic E-state index is 0. The van der Waals surface area contributed by atoms with E-state index < -0.39 is 0 Å². The fraction of sp³-hybridized carbons (Fsp3) is 1.00. The zero-order chi connectivity index (χ0) is 4.71. The van der Waals surface area contributed by atoms with Crippen LogP contribution in [-0.4, -0.2) is 0 Å². The molecule has 0 heteroatoms. The second-order valence-electron chi connectivity index (χ2n) is 0.707. The van der Waals surface area contributed by atoms with Crippen LogP contribution < -0.4 is 0 Å². The van der Waals surface area contributed by atoms with Gasteiger partial charge in [-0.15, -0.1) is 0 Å². The van der Waals surface area contributed by atoms with Crippen LogP contribution in [0.3, 0.4) is 0 Å². The highest BCUT2D eigenvalue weighted by molar-refractivity contribution is 3.92. The van der Waals surface area contributed by atoms with Gasteiger partial charge in [-0.2, -0.15) is 0 Å². The van der Waals surface area contributed by atoms with Crippen LogP contribution in [-0.2, 0) is 0 Å². The largest absolute Gasteiger partial charge is 0.0776 e. The van der Waals surface area contributed by atoms with E-state index in [4.69, 9.17) is 0 Å². The maximum atomic E-state index is 2.12. The molecule has 0 aromatic carbocycles. The number of hydrogen-bond acceptors (Lipinski definition) is 0. The average Bonchev–Trinajstić information content (AvgIpc) is 1.46. The van der Waals surface area contributed by atoms with Gasteiger partial charge in [-0.25, -0.2) is 0 Å². The molecule has 0 fully saturated rings. The topological polar surface area (TPSA) is 0 Å². The molecule has 0 atom stereocenters. The Morgan fingerprint density at radius 2 is 1.17 bits per heavy atom. The lowest BCUT2D eigenvalue weighted by Gasteiger charge is -1.48. The summed E-state index contributed by atoms with van der Waals surface area (Å²) in [5.41, 5.74) is 0. The first-order valence-electron chi connectivity index (χ1n) is 2.41. The monoisotopic (exact) mass is 93.2 g/mol. The van der Waals surface area contributed by atoms with Gasteiger partial charge in [0.15, 0.2) is 0 Å². The van der Waals surface area contributed by atoms with Gasteiger partial charge < -0.3 is 0 Å². The summed E-state index contributed by atoms with van der Waals surface area (Å²) in [4.78, 5) is 0. The molecule has 0 heterocycles. The van der Waals surface area contributed by atoms with Gasteiger partial charge in [0.05, 0.1) is 0 Å². The molecule has 0 spiro atoms. The molecule has 0 aliphatic rings. The second kappa shape index (κ2) is 80.0. The maximum Gasteiger partial charge on any atom is 0 e. The van der Waals surface area contributed by atoms with E-state index in [0.29, 0.717) is 0 Å². The summed E-state index contributed by atoms with van der Waals surface area (Å²) in [6, 6.07) is 0. The Bertz CT molecular complexity index is 4.14. The first-order valence-corrected chi connectivity index (χ1v) is 2.41.